The summed E-state index contributed by atoms with van der Waals surface area (Å²) < 4.78 is 3.05. The molecule has 0 amide bonds. The predicted octanol–water partition coefficient (Wildman–Crippen LogP) is 2.45. The van der Waals surface area contributed by atoms with E-state index in [0.717, 1.165) is 17.6 Å². The third-order valence-corrected chi connectivity index (χ3v) is 2.94. The summed E-state index contributed by atoms with van der Waals surface area (Å²) >= 11 is 3.40. The van der Waals surface area contributed by atoms with Crippen molar-refractivity contribution in [3.63, 3.8) is 0 Å². The van der Waals surface area contributed by atoms with Crippen molar-refractivity contribution in [3.8, 4) is 0 Å². The lowest BCUT2D eigenvalue weighted by Crippen LogP contribution is -2.26. The van der Waals surface area contributed by atoms with Crippen LogP contribution in [0.3, 0.4) is 0 Å². The molecule has 1 rings (SSSR count). The Bertz CT molecular complexity index is 272. The summed E-state index contributed by atoms with van der Waals surface area (Å²) in [6.07, 6.45) is 3.85. The summed E-state index contributed by atoms with van der Waals surface area (Å²) in [6.45, 7) is 8.63. The largest absolute Gasteiger partial charge is 0.317 e. The molecule has 1 aromatic heterocycles. The van der Waals surface area contributed by atoms with Gasteiger partial charge in [-0.25, -0.2) is 0 Å². The molecule has 2 unspecified atom stereocenters. The second kappa shape index (κ2) is 5.51. The van der Waals surface area contributed by atoms with Gasteiger partial charge in [-0.1, -0.05) is 13.8 Å². The van der Waals surface area contributed by atoms with Crippen LogP contribution in [0.2, 0.25) is 0 Å². The molecule has 0 aromatic carbocycles. The first-order chi connectivity index (χ1) is 6.65. The molecule has 0 spiro atoms. The molecule has 2 atom stereocenters. The van der Waals surface area contributed by atoms with E-state index >= 15 is 0 Å². The maximum absolute atomic E-state index is 4.29. The molecular weight excluding hydrogens is 242 g/mol. The maximum Gasteiger partial charge on any atom is 0.0632 e. The minimum Gasteiger partial charge on any atom is -0.317 e. The highest BCUT2D eigenvalue weighted by Crippen LogP contribution is 2.18. The molecule has 0 aliphatic rings. The minimum absolute atomic E-state index is 0.431. The van der Waals surface area contributed by atoms with E-state index in [4.69, 9.17) is 0 Å². The van der Waals surface area contributed by atoms with Gasteiger partial charge in [0.05, 0.1) is 16.7 Å². The fraction of sp³-hybridized carbons (Fsp3) is 0.700. The molecular formula is C10H18BrN3. The Kier molecular flexibility index (Phi) is 4.62. The average Bonchev–Trinajstić information content (AvgIpc) is 2.60. The summed E-state index contributed by atoms with van der Waals surface area (Å²) in [6, 6.07) is 0.431. The van der Waals surface area contributed by atoms with E-state index in [1.807, 2.05) is 17.1 Å². The Labute approximate surface area is 94.0 Å². The first-order valence-corrected chi connectivity index (χ1v) is 5.84. The zero-order chi connectivity index (χ0) is 10.6. The summed E-state index contributed by atoms with van der Waals surface area (Å²) in [5.74, 6) is 0.585. The smallest absolute Gasteiger partial charge is 0.0632 e. The molecule has 1 N–H and O–H groups in total. The number of hydrogen-bond acceptors (Lipinski definition) is 2. The van der Waals surface area contributed by atoms with Gasteiger partial charge in [-0.3, -0.25) is 4.68 Å². The maximum atomic E-state index is 4.29. The molecule has 80 valence electrons. The molecule has 0 fully saturated rings. The third-order valence-electron chi connectivity index (χ3n) is 2.53. The molecule has 1 aromatic rings. The van der Waals surface area contributed by atoms with Crippen LogP contribution in [0.25, 0.3) is 0 Å². The Hall–Kier alpha value is -0.350. The van der Waals surface area contributed by atoms with Crippen molar-refractivity contribution in [1.29, 1.82) is 0 Å². The van der Waals surface area contributed by atoms with Crippen molar-refractivity contribution < 1.29 is 0 Å². The molecule has 4 heteroatoms. The van der Waals surface area contributed by atoms with E-state index in [1.165, 1.54) is 0 Å². The molecule has 0 aliphatic carbocycles. The first kappa shape index (κ1) is 11.7. The SMILES string of the molecule is CCNCC(C)C(C)n1cc(Br)cn1. The molecule has 3 nitrogen and oxygen atoms in total. The van der Waals surface area contributed by atoms with Gasteiger partial charge in [-0.15, -0.1) is 0 Å². The predicted molar refractivity (Wildman–Crippen MR) is 62.3 cm³/mol. The average molecular weight is 260 g/mol. The van der Waals surface area contributed by atoms with E-state index in [-0.39, 0.29) is 0 Å². The van der Waals surface area contributed by atoms with Crippen molar-refractivity contribution in [2.45, 2.75) is 26.8 Å². The number of halogens is 1. The van der Waals surface area contributed by atoms with Crippen LogP contribution in [0.15, 0.2) is 16.9 Å². The molecule has 1 heterocycles. The quantitative estimate of drug-likeness (QED) is 0.881. The monoisotopic (exact) mass is 259 g/mol. The zero-order valence-electron chi connectivity index (χ0n) is 9.00. The van der Waals surface area contributed by atoms with Gasteiger partial charge in [0.15, 0.2) is 0 Å². The summed E-state index contributed by atoms with van der Waals surface area (Å²) in [5, 5.41) is 7.64. The van der Waals surface area contributed by atoms with Crippen LogP contribution < -0.4 is 5.32 Å². The van der Waals surface area contributed by atoms with Gasteiger partial charge in [0, 0.05) is 6.20 Å². The summed E-state index contributed by atoms with van der Waals surface area (Å²) in [7, 11) is 0. The Morgan fingerprint density at radius 1 is 1.57 bits per heavy atom. The minimum atomic E-state index is 0.431. The van der Waals surface area contributed by atoms with Crippen molar-refractivity contribution in [3.05, 3.63) is 16.9 Å². The van der Waals surface area contributed by atoms with Crippen LogP contribution >= 0.6 is 15.9 Å². The molecule has 0 saturated heterocycles. The van der Waals surface area contributed by atoms with E-state index in [1.54, 1.807) is 0 Å². The summed E-state index contributed by atoms with van der Waals surface area (Å²) in [4.78, 5) is 0. The fourth-order valence-electron chi connectivity index (χ4n) is 1.34. The van der Waals surface area contributed by atoms with Gasteiger partial charge in [-0.05, 0) is 41.9 Å². The third kappa shape index (κ3) is 3.10. The van der Waals surface area contributed by atoms with Crippen LogP contribution in [0.5, 0.6) is 0 Å². The lowest BCUT2D eigenvalue weighted by atomic mass is 10.0. The number of nitrogens with zero attached hydrogens (tertiary/aromatic N) is 2. The van der Waals surface area contributed by atoms with Crippen molar-refractivity contribution in [2.75, 3.05) is 13.1 Å². The van der Waals surface area contributed by atoms with Gasteiger partial charge in [0.1, 0.15) is 0 Å². The lowest BCUT2D eigenvalue weighted by molar-refractivity contribution is 0.339. The van der Waals surface area contributed by atoms with Crippen molar-refractivity contribution in [1.82, 2.24) is 15.1 Å². The van der Waals surface area contributed by atoms with Crippen LogP contribution in [0, 0.1) is 5.92 Å². The van der Waals surface area contributed by atoms with Crippen LogP contribution in [-0.4, -0.2) is 22.9 Å². The van der Waals surface area contributed by atoms with Crippen LogP contribution in [0.4, 0.5) is 0 Å². The normalized spacial score (nSPS) is 15.4. The Morgan fingerprint density at radius 3 is 2.79 bits per heavy atom. The van der Waals surface area contributed by atoms with E-state index in [9.17, 15) is 0 Å². The van der Waals surface area contributed by atoms with Gasteiger partial charge in [-0.2, -0.15) is 5.10 Å². The molecule has 14 heavy (non-hydrogen) atoms. The standard InChI is InChI=1S/C10H18BrN3/c1-4-12-5-8(2)9(3)14-7-10(11)6-13-14/h6-9,12H,4-5H2,1-3H3. The second-order valence-corrected chi connectivity index (χ2v) is 4.58. The summed E-state index contributed by atoms with van der Waals surface area (Å²) in [5.41, 5.74) is 0. The first-order valence-electron chi connectivity index (χ1n) is 5.05. The second-order valence-electron chi connectivity index (χ2n) is 3.66. The Morgan fingerprint density at radius 2 is 2.29 bits per heavy atom. The zero-order valence-corrected chi connectivity index (χ0v) is 10.6. The van der Waals surface area contributed by atoms with E-state index in [2.05, 4.69) is 47.1 Å². The number of rotatable bonds is 5. The molecule has 0 saturated carbocycles. The van der Waals surface area contributed by atoms with Gasteiger partial charge in [0.2, 0.25) is 0 Å². The highest BCUT2D eigenvalue weighted by molar-refractivity contribution is 9.10. The lowest BCUT2D eigenvalue weighted by Gasteiger charge is -2.20. The van der Waals surface area contributed by atoms with E-state index in [0.29, 0.717) is 12.0 Å². The molecule has 0 bridgehead atoms. The van der Waals surface area contributed by atoms with Gasteiger partial charge in [0.25, 0.3) is 0 Å². The highest BCUT2D eigenvalue weighted by atomic mass is 79.9. The number of aromatic nitrogens is 2. The number of hydrogen-bond donors (Lipinski definition) is 1. The van der Waals surface area contributed by atoms with Crippen LogP contribution in [-0.2, 0) is 0 Å². The van der Waals surface area contributed by atoms with Gasteiger partial charge >= 0.3 is 0 Å². The topological polar surface area (TPSA) is 29.9 Å². The molecule has 0 radical (unpaired) electrons. The van der Waals surface area contributed by atoms with E-state index < -0.39 is 0 Å². The fourth-order valence-corrected chi connectivity index (χ4v) is 1.64. The van der Waals surface area contributed by atoms with Gasteiger partial charge < -0.3 is 5.32 Å². The Balaban J connectivity index is 2.51. The number of nitrogens with one attached hydrogen (secondary N) is 1. The van der Waals surface area contributed by atoms with Crippen LogP contribution in [0.1, 0.15) is 26.8 Å². The molecule has 0 aliphatic heterocycles. The highest BCUT2D eigenvalue weighted by Gasteiger charge is 2.13. The van der Waals surface area contributed by atoms with Crippen molar-refractivity contribution in [2.24, 2.45) is 5.92 Å². The van der Waals surface area contributed by atoms with Crippen molar-refractivity contribution >= 4 is 15.9 Å².